The van der Waals surface area contributed by atoms with Crippen molar-refractivity contribution in [2.45, 2.75) is 19.9 Å². The second-order valence-electron chi connectivity index (χ2n) is 4.76. The van der Waals surface area contributed by atoms with Gasteiger partial charge in [-0.3, -0.25) is 4.79 Å². The molecule has 0 radical (unpaired) electrons. The van der Waals surface area contributed by atoms with Gasteiger partial charge >= 0.3 is 0 Å². The van der Waals surface area contributed by atoms with Crippen molar-refractivity contribution in [2.24, 2.45) is 0 Å². The van der Waals surface area contributed by atoms with Crippen molar-refractivity contribution in [3.05, 3.63) is 56.9 Å². The van der Waals surface area contributed by atoms with Gasteiger partial charge in [0.15, 0.2) is 0 Å². The summed E-state index contributed by atoms with van der Waals surface area (Å²) in [5.41, 5.74) is 1.83. The Morgan fingerprint density at radius 1 is 1.35 bits per heavy atom. The Labute approximate surface area is 127 Å². The topological polar surface area (TPSA) is 38.1 Å². The summed E-state index contributed by atoms with van der Waals surface area (Å²) in [5, 5.41) is 4.25. The maximum absolute atomic E-state index is 12.1. The molecule has 0 amide bonds. The number of rotatable bonds is 5. The summed E-state index contributed by atoms with van der Waals surface area (Å²) >= 11 is 3.43. The van der Waals surface area contributed by atoms with Gasteiger partial charge in [0, 0.05) is 24.1 Å². The zero-order valence-corrected chi connectivity index (χ0v) is 13.3. The van der Waals surface area contributed by atoms with Crippen LogP contribution in [0.3, 0.4) is 0 Å². The van der Waals surface area contributed by atoms with Gasteiger partial charge in [-0.1, -0.05) is 35.0 Å². The number of halogens is 1. The lowest BCUT2D eigenvalue weighted by Gasteiger charge is -2.17. The van der Waals surface area contributed by atoms with Gasteiger partial charge in [-0.15, -0.1) is 0 Å². The second-order valence-corrected chi connectivity index (χ2v) is 5.68. The summed E-state index contributed by atoms with van der Waals surface area (Å²) in [6.07, 6.45) is 2.78. The molecular weight excluding hydrogens is 318 g/mol. The molecular formula is C15H18BrN3O. The maximum atomic E-state index is 12.1. The molecule has 5 heteroatoms. The standard InChI is InChI=1S/C15H18BrN3O/c1-3-7-18(2)14-9-15(20)19(17-10-14)11-12-5-4-6-13(16)8-12/h4-6,8-10H,3,7,11H2,1-2H3. The van der Waals surface area contributed by atoms with E-state index in [4.69, 9.17) is 0 Å². The number of anilines is 1. The van der Waals surface area contributed by atoms with E-state index in [-0.39, 0.29) is 5.56 Å². The molecule has 1 aromatic heterocycles. The summed E-state index contributed by atoms with van der Waals surface area (Å²) in [5.74, 6) is 0. The van der Waals surface area contributed by atoms with Crippen LogP contribution in [0.1, 0.15) is 18.9 Å². The van der Waals surface area contributed by atoms with E-state index in [0.29, 0.717) is 6.54 Å². The quantitative estimate of drug-likeness (QED) is 0.843. The molecule has 0 saturated heterocycles. The van der Waals surface area contributed by atoms with Crippen LogP contribution in [0.15, 0.2) is 45.8 Å². The first-order valence-electron chi connectivity index (χ1n) is 6.63. The van der Waals surface area contributed by atoms with E-state index < -0.39 is 0 Å². The molecule has 106 valence electrons. The van der Waals surface area contributed by atoms with Gasteiger partial charge in [0.1, 0.15) is 0 Å². The van der Waals surface area contributed by atoms with Crippen molar-refractivity contribution < 1.29 is 0 Å². The van der Waals surface area contributed by atoms with Crippen LogP contribution in [-0.4, -0.2) is 23.4 Å². The molecule has 20 heavy (non-hydrogen) atoms. The highest BCUT2D eigenvalue weighted by molar-refractivity contribution is 9.10. The van der Waals surface area contributed by atoms with E-state index in [9.17, 15) is 4.79 Å². The summed E-state index contributed by atoms with van der Waals surface area (Å²) in [4.78, 5) is 14.1. The molecule has 0 fully saturated rings. The number of hydrogen-bond acceptors (Lipinski definition) is 3. The monoisotopic (exact) mass is 335 g/mol. The van der Waals surface area contributed by atoms with Gasteiger partial charge in [-0.2, -0.15) is 5.10 Å². The van der Waals surface area contributed by atoms with Gasteiger partial charge in [0.2, 0.25) is 0 Å². The smallest absolute Gasteiger partial charge is 0.269 e. The highest BCUT2D eigenvalue weighted by Gasteiger charge is 2.05. The van der Waals surface area contributed by atoms with Gasteiger partial charge in [-0.25, -0.2) is 4.68 Å². The Bertz CT molecular complexity index is 639. The van der Waals surface area contributed by atoms with Crippen molar-refractivity contribution >= 4 is 21.6 Å². The van der Waals surface area contributed by atoms with Crippen LogP contribution in [0.5, 0.6) is 0 Å². The first-order valence-corrected chi connectivity index (χ1v) is 7.42. The van der Waals surface area contributed by atoms with Crippen LogP contribution in [0.25, 0.3) is 0 Å². The van der Waals surface area contributed by atoms with Gasteiger partial charge in [-0.05, 0) is 24.1 Å². The lowest BCUT2D eigenvalue weighted by molar-refractivity contribution is 0.636. The summed E-state index contributed by atoms with van der Waals surface area (Å²) < 4.78 is 2.48. The molecule has 0 aliphatic carbocycles. The Morgan fingerprint density at radius 2 is 2.15 bits per heavy atom. The first-order chi connectivity index (χ1) is 9.60. The summed E-state index contributed by atoms with van der Waals surface area (Å²) in [6.45, 7) is 3.51. The summed E-state index contributed by atoms with van der Waals surface area (Å²) in [6, 6.07) is 9.53. The van der Waals surface area contributed by atoms with Crippen molar-refractivity contribution in [1.29, 1.82) is 0 Å². The molecule has 0 atom stereocenters. The van der Waals surface area contributed by atoms with E-state index in [1.54, 1.807) is 12.3 Å². The van der Waals surface area contributed by atoms with Crippen molar-refractivity contribution in [2.75, 3.05) is 18.5 Å². The first kappa shape index (κ1) is 14.8. The second kappa shape index (κ2) is 6.70. The fourth-order valence-corrected chi connectivity index (χ4v) is 2.47. The van der Waals surface area contributed by atoms with Crippen LogP contribution >= 0.6 is 15.9 Å². The van der Waals surface area contributed by atoms with E-state index in [0.717, 1.165) is 28.7 Å². The van der Waals surface area contributed by atoms with Crippen molar-refractivity contribution in [3.63, 3.8) is 0 Å². The van der Waals surface area contributed by atoms with Gasteiger partial charge in [0.25, 0.3) is 5.56 Å². The summed E-state index contributed by atoms with van der Waals surface area (Å²) in [7, 11) is 1.97. The average Bonchev–Trinajstić information content (AvgIpc) is 2.41. The van der Waals surface area contributed by atoms with Crippen LogP contribution in [-0.2, 0) is 6.54 Å². The minimum absolute atomic E-state index is 0.0783. The van der Waals surface area contributed by atoms with E-state index in [1.165, 1.54) is 4.68 Å². The predicted molar refractivity (Wildman–Crippen MR) is 85.3 cm³/mol. The normalized spacial score (nSPS) is 10.6. The molecule has 0 aliphatic heterocycles. The number of benzene rings is 1. The molecule has 2 aromatic rings. The van der Waals surface area contributed by atoms with Crippen LogP contribution in [0, 0.1) is 0 Å². The van der Waals surface area contributed by atoms with Crippen LogP contribution in [0.2, 0.25) is 0 Å². The lowest BCUT2D eigenvalue weighted by atomic mass is 10.2. The van der Waals surface area contributed by atoms with Gasteiger partial charge in [0.05, 0.1) is 18.4 Å². The maximum Gasteiger partial charge on any atom is 0.269 e. The Balaban J connectivity index is 2.20. The molecule has 0 unspecified atom stereocenters. The fraction of sp³-hybridized carbons (Fsp3) is 0.333. The molecule has 4 nitrogen and oxygen atoms in total. The Morgan fingerprint density at radius 3 is 2.80 bits per heavy atom. The van der Waals surface area contributed by atoms with Crippen LogP contribution in [0.4, 0.5) is 5.69 Å². The highest BCUT2D eigenvalue weighted by atomic mass is 79.9. The molecule has 0 spiro atoms. The number of hydrogen-bond donors (Lipinski definition) is 0. The highest BCUT2D eigenvalue weighted by Crippen LogP contribution is 2.12. The molecule has 0 N–H and O–H groups in total. The van der Waals surface area contributed by atoms with Gasteiger partial charge < -0.3 is 4.90 Å². The predicted octanol–water partition coefficient (Wildman–Crippen LogP) is 2.90. The Hall–Kier alpha value is -1.62. The SMILES string of the molecule is CCCN(C)c1cnn(Cc2cccc(Br)c2)c(=O)c1. The molecule has 2 rings (SSSR count). The van der Waals surface area contributed by atoms with Crippen molar-refractivity contribution in [1.82, 2.24) is 9.78 Å². The third kappa shape index (κ3) is 3.70. The minimum Gasteiger partial charge on any atom is -0.373 e. The average molecular weight is 336 g/mol. The minimum atomic E-state index is -0.0783. The molecule has 0 aliphatic rings. The van der Waals surface area contributed by atoms with E-state index in [2.05, 4.69) is 28.0 Å². The molecule has 1 heterocycles. The third-order valence-electron chi connectivity index (χ3n) is 3.08. The molecule has 0 saturated carbocycles. The van der Waals surface area contributed by atoms with Crippen LogP contribution < -0.4 is 10.5 Å². The zero-order valence-electron chi connectivity index (χ0n) is 11.7. The Kier molecular flexibility index (Phi) is 4.95. The molecule has 0 bridgehead atoms. The van der Waals surface area contributed by atoms with E-state index in [1.807, 2.05) is 36.2 Å². The number of nitrogens with zero attached hydrogens (tertiary/aromatic N) is 3. The third-order valence-corrected chi connectivity index (χ3v) is 3.57. The van der Waals surface area contributed by atoms with Crippen molar-refractivity contribution in [3.8, 4) is 0 Å². The molecule has 1 aromatic carbocycles. The van der Waals surface area contributed by atoms with E-state index >= 15 is 0 Å². The zero-order chi connectivity index (χ0) is 14.5. The fourth-order valence-electron chi connectivity index (χ4n) is 2.02. The largest absolute Gasteiger partial charge is 0.373 e. The lowest BCUT2D eigenvalue weighted by Crippen LogP contribution is -2.26. The number of aromatic nitrogens is 2.